The van der Waals surface area contributed by atoms with E-state index in [1.54, 1.807) is 18.2 Å². The lowest BCUT2D eigenvalue weighted by atomic mass is 10.1. The molecule has 0 aliphatic carbocycles. The lowest BCUT2D eigenvalue weighted by Gasteiger charge is -2.26. The number of hydrogen-bond donors (Lipinski definition) is 1. The second kappa shape index (κ2) is 6.97. The van der Waals surface area contributed by atoms with Crippen LogP contribution in [0.1, 0.15) is 19.3 Å². The molecule has 4 nitrogen and oxygen atoms in total. The van der Waals surface area contributed by atoms with Gasteiger partial charge in [-0.3, -0.25) is 0 Å². The largest absolute Gasteiger partial charge is 0.489 e. The molecule has 0 radical (unpaired) electrons. The number of amides is 2. The summed E-state index contributed by atoms with van der Waals surface area (Å²) in [6.07, 6.45) is 3.33. The first kappa shape index (κ1) is 13.6. The molecule has 104 valence electrons. The maximum Gasteiger partial charge on any atom is 0.317 e. The van der Waals surface area contributed by atoms with E-state index in [1.165, 1.54) is 12.5 Å². The number of nitrogens with zero attached hydrogens (tertiary/aromatic N) is 1. The number of carbonyl (C=O) groups is 1. The monoisotopic (exact) mass is 266 g/mol. The fraction of sp³-hybridized carbons (Fsp3) is 0.500. The predicted molar refractivity (Wildman–Crippen MR) is 70.7 cm³/mol. The summed E-state index contributed by atoms with van der Waals surface area (Å²) in [5.41, 5.74) is 0. The highest BCUT2D eigenvalue weighted by Gasteiger charge is 2.15. The maximum atomic E-state index is 13.2. The Bertz CT molecular complexity index is 420. The number of piperidine rings is 1. The maximum absolute atomic E-state index is 13.2. The van der Waals surface area contributed by atoms with Crippen molar-refractivity contribution in [2.24, 2.45) is 0 Å². The summed E-state index contributed by atoms with van der Waals surface area (Å²) < 4.78 is 18.5. The van der Waals surface area contributed by atoms with Gasteiger partial charge in [-0.15, -0.1) is 0 Å². The number of para-hydroxylation sites is 1. The van der Waals surface area contributed by atoms with Gasteiger partial charge in [0.15, 0.2) is 11.6 Å². The van der Waals surface area contributed by atoms with Crippen molar-refractivity contribution in [2.75, 3.05) is 26.2 Å². The van der Waals surface area contributed by atoms with E-state index in [9.17, 15) is 9.18 Å². The van der Waals surface area contributed by atoms with Crippen LogP contribution >= 0.6 is 0 Å². The zero-order valence-electron chi connectivity index (χ0n) is 10.9. The SMILES string of the molecule is O=C(NCCOc1ccccc1F)N1CCCCC1. The molecule has 1 aliphatic heterocycles. The van der Waals surface area contributed by atoms with Crippen LogP contribution in [0.3, 0.4) is 0 Å². The third-order valence-corrected chi connectivity index (χ3v) is 3.12. The van der Waals surface area contributed by atoms with Crippen LogP contribution in [-0.2, 0) is 0 Å². The van der Waals surface area contributed by atoms with E-state index in [4.69, 9.17) is 4.74 Å². The van der Waals surface area contributed by atoms with E-state index in [1.807, 2.05) is 4.90 Å². The van der Waals surface area contributed by atoms with Gasteiger partial charge in [0.1, 0.15) is 6.61 Å². The van der Waals surface area contributed by atoms with Gasteiger partial charge in [0.05, 0.1) is 6.54 Å². The molecule has 0 unspecified atom stereocenters. The molecule has 0 atom stereocenters. The topological polar surface area (TPSA) is 41.6 Å². The fourth-order valence-electron chi connectivity index (χ4n) is 2.09. The van der Waals surface area contributed by atoms with Crippen molar-refractivity contribution in [1.82, 2.24) is 10.2 Å². The minimum absolute atomic E-state index is 0.0585. The molecule has 5 heteroatoms. The van der Waals surface area contributed by atoms with E-state index in [0.717, 1.165) is 25.9 Å². The van der Waals surface area contributed by atoms with Crippen LogP contribution in [0.25, 0.3) is 0 Å². The molecule has 0 saturated carbocycles. The van der Waals surface area contributed by atoms with Crippen LogP contribution in [0.15, 0.2) is 24.3 Å². The number of nitrogens with one attached hydrogen (secondary N) is 1. The van der Waals surface area contributed by atoms with Gasteiger partial charge in [-0.05, 0) is 31.4 Å². The minimum atomic E-state index is -0.384. The summed E-state index contributed by atoms with van der Waals surface area (Å²) in [4.78, 5) is 13.6. The normalized spacial score (nSPS) is 15.1. The van der Waals surface area contributed by atoms with Gasteiger partial charge in [-0.25, -0.2) is 9.18 Å². The van der Waals surface area contributed by atoms with E-state index in [0.29, 0.717) is 6.54 Å². The molecule has 0 aromatic heterocycles. The fourth-order valence-corrected chi connectivity index (χ4v) is 2.09. The zero-order chi connectivity index (χ0) is 13.5. The van der Waals surface area contributed by atoms with Gasteiger partial charge in [-0.2, -0.15) is 0 Å². The van der Waals surface area contributed by atoms with Gasteiger partial charge in [0, 0.05) is 13.1 Å². The number of carbonyl (C=O) groups excluding carboxylic acids is 1. The first-order chi connectivity index (χ1) is 9.27. The molecule has 1 aromatic carbocycles. The van der Waals surface area contributed by atoms with Gasteiger partial charge < -0.3 is 15.0 Å². The van der Waals surface area contributed by atoms with Crippen molar-refractivity contribution in [2.45, 2.75) is 19.3 Å². The molecular formula is C14H19FN2O2. The number of halogens is 1. The Morgan fingerprint density at radius 2 is 2.00 bits per heavy atom. The molecule has 1 fully saturated rings. The second-order valence-corrected chi connectivity index (χ2v) is 4.56. The molecule has 2 rings (SSSR count). The number of hydrogen-bond acceptors (Lipinski definition) is 2. The summed E-state index contributed by atoms with van der Waals surface area (Å²) in [7, 11) is 0. The lowest BCUT2D eigenvalue weighted by Crippen LogP contribution is -2.43. The van der Waals surface area contributed by atoms with Crippen molar-refractivity contribution >= 4 is 6.03 Å². The number of rotatable bonds is 4. The predicted octanol–water partition coefficient (Wildman–Crippen LogP) is 2.40. The van der Waals surface area contributed by atoms with Crippen LogP contribution in [0.5, 0.6) is 5.75 Å². The van der Waals surface area contributed by atoms with Crippen molar-refractivity contribution < 1.29 is 13.9 Å². The molecular weight excluding hydrogens is 247 g/mol. The number of benzene rings is 1. The highest BCUT2D eigenvalue weighted by atomic mass is 19.1. The average Bonchev–Trinajstić information content (AvgIpc) is 2.46. The van der Waals surface area contributed by atoms with Crippen molar-refractivity contribution in [3.8, 4) is 5.75 Å². The quantitative estimate of drug-likeness (QED) is 0.850. The number of likely N-dealkylation sites (tertiary alicyclic amines) is 1. The lowest BCUT2D eigenvalue weighted by molar-refractivity contribution is 0.183. The van der Waals surface area contributed by atoms with Crippen LogP contribution in [0.4, 0.5) is 9.18 Å². The Labute approximate surface area is 112 Å². The molecule has 2 amide bonds. The number of ether oxygens (including phenoxy) is 1. The van der Waals surface area contributed by atoms with Gasteiger partial charge in [0.2, 0.25) is 0 Å². The average molecular weight is 266 g/mol. The molecule has 0 bridgehead atoms. The van der Waals surface area contributed by atoms with Crippen molar-refractivity contribution in [3.05, 3.63) is 30.1 Å². The van der Waals surface area contributed by atoms with Gasteiger partial charge in [0.25, 0.3) is 0 Å². The van der Waals surface area contributed by atoms with Crippen LogP contribution in [0.2, 0.25) is 0 Å². The Morgan fingerprint density at radius 1 is 1.26 bits per heavy atom. The smallest absolute Gasteiger partial charge is 0.317 e. The molecule has 1 saturated heterocycles. The molecule has 1 aliphatic rings. The third-order valence-electron chi connectivity index (χ3n) is 3.12. The van der Waals surface area contributed by atoms with Crippen molar-refractivity contribution in [3.63, 3.8) is 0 Å². The Balaban J connectivity index is 1.66. The van der Waals surface area contributed by atoms with Crippen LogP contribution in [0, 0.1) is 5.82 Å². The van der Waals surface area contributed by atoms with E-state index in [-0.39, 0.29) is 24.2 Å². The van der Waals surface area contributed by atoms with E-state index >= 15 is 0 Å². The highest BCUT2D eigenvalue weighted by Crippen LogP contribution is 2.14. The highest BCUT2D eigenvalue weighted by molar-refractivity contribution is 5.74. The number of urea groups is 1. The third kappa shape index (κ3) is 4.12. The molecule has 19 heavy (non-hydrogen) atoms. The molecule has 1 heterocycles. The first-order valence-electron chi connectivity index (χ1n) is 6.67. The summed E-state index contributed by atoms with van der Waals surface area (Å²) in [5, 5.41) is 2.78. The standard InChI is InChI=1S/C14H19FN2O2/c15-12-6-2-3-7-13(12)19-11-8-16-14(18)17-9-4-1-5-10-17/h2-3,6-7H,1,4-5,8-11H2,(H,16,18). The van der Waals surface area contributed by atoms with Crippen molar-refractivity contribution in [1.29, 1.82) is 0 Å². The molecule has 1 N–H and O–H groups in total. The Morgan fingerprint density at radius 3 is 2.74 bits per heavy atom. The van der Waals surface area contributed by atoms with Crippen LogP contribution in [-0.4, -0.2) is 37.2 Å². The van der Waals surface area contributed by atoms with Gasteiger partial charge in [-0.1, -0.05) is 12.1 Å². The first-order valence-corrected chi connectivity index (χ1v) is 6.67. The van der Waals surface area contributed by atoms with Gasteiger partial charge >= 0.3 is 6.03 Å². The second-order valence-electron chi connectivity index (χ2n) is 4.56. The Kier molecular flexibility index (Phi) is 5.01. The van der Waals surface area contributed by atoms with E-state index in [2.05, 4.69) is 5.32 Å². The summed E-state index contributed by atoms with van der Waals surface area (Å²) in [6.45, 7) is 2.28. The van der Waals surface area contributed by atoms with Crippen LogP contribution < -0.4 is 10.1 Å². The molecule has 1 aromatic rings. The Hall–Kier alpha value is -1.78. The molecule has 0 spiro atoms. The summed E-state index contributed by atoms with van der Waals surface area (Å²) in [6, 6.07) is 6.19. The zero-order valence-corrected chi connectivity index (χ0v) is 10.9. The minimum Gasteiger partial charge on any atom is -0.489 e. The summed E-state index contributed by atoms with van der Waals surface area (Å²) in [5.74, 6) is -0.167. The summed E-state index contributed by atoms with van der Waals surface area (Å²) >= 11 is 0. The van der Waals surface area contributed by atoms with E-state index < -0.39 is 0 Å².